The molecule has 0 aromatic carbocycles. The lowest BCUT2D eigenvalue weighted by atomic mass is 10.2. The zero-order valence-electron chi connectivity index (χ0n) is 14.4. The van der Waals surface area contributed by atoms with Gasteiger partial charge in [0.15, 0.2) is 0 Å². The molecule has 0 aromatic heterocycles. The van der Waals surface area contributed by atoms with Gasteiger partial charge in [-0.2, -0.15) is 8.42 Å². The second-order valence-electron chi connectivity index (χ2n) is 5.64. The average molecular weight is 341 g/mol. The molecule has 134 valence electrons. The molecule has 0 bridgehead atoms. The maximum Gasteiger partial charge on any atom is 0.264 e. The number of nitrogens with zero attached hydrogens (tertiary/aromatic N) is 1. The van der Waals surface area contributed by atoms with Crippen molar-refractivity contribution in [3.05, 3.63) is 0 Å². The number of rotatable bonds is 15. The number of likely N-dealkylation sites (N-methyl/N-ethyl adjacent to an activating group) is 1. The Kier molecular flexibility index (Phi) is 12.1. The highest BCUT2D eigenvalue weighted by atomic mass is 32.2. The lowest BCUT2D eigenvalue weighted by molar-refractivity contribution is -0.925. The Labute approximate surface area is 136 Å². The Morgan fingerprint density at radius 3 is 1.95 bits per heavy atom. The SMILES string of the molecule is CCCOCCOCC[N+](CC)(CC)CCCCS(=O)(=O)O. The summed E-state index contributed by atoms with van der Waals surface area (Å²) in [6.45, 7) is 12.9. The van der Waals surface area contributed by atoms with Crippen LogP contribution in [0.3, 0.4) is 0 Å². The number of quaternary nitrogens is 1. The molecule has 0 saturated heterocycles. The molecule has 0 spiro atoms. The molecular formula is C15H34NO5S+. The van der Waals surface area contributed by atoms with Gasteiger partial charge >= 0.3 is 0 Å². The van der Waals surface area contributed by atoms with Gasteiger partial charge in [0.05, 0.1) is 45.2 Å². The number of unbranched alkanes of at least 4 members (excludes halogenated alkanes) is 1. The van der Waals surface area contributed by atoms with Crippen LogP contribution in [0.5, 0.6) is 0 Å². The van der Waals surface area contributed by atoms with Crippen LogP contribution in [0.2, 0.25) is 0 Å². The van der Waals surface area contributed by atoms with Gasteiger partial charge in [-0.1, -0.05) is 6.92 Å². The first-order chi connectivity index (χ1) is 10.4. The summed E-state index contributed by atoms with van der Waals surface area (Å²) in [7, 11) is -3.83. The third-order valence-electron chi connectivity index (χ3n) is 4.06. The Hall–Kier alpha value is -0.210. The van der Waals surface area contributed by atoms with Crippen LogP contribution in [0, 0.1) is 0 Å². The smallest absolute Gasteiger partial charge is 0.264 e. The van der Waals surface area contributed by atoms with Gasteiger partial charge in [0.1, 0.15) is 6.54 Å². The lowest BCUT2D eigenvalue weighted by Gasteiger charge is -2.37. The fourth-order valence-corrected chi connectivity index (χ4v) is 2.99. The maximum absolute atomic E-state index is 10.7. The van der Waals surface area contributed by atoms with Crippen LogP contribution in [0.1, 0.15) is 40.0 Å². The molecule has 0 aliphatic heterocycles. The normalized spacial score (nSPS) is 12.7. The second-order valence-corrected chi connectivity index (χ2v) is 7.21. The van der Waals surface area contributed by atoms with Crippen LogP contribution in [0.15, 0.2) is 0 Å². The summed E-state index contributed by atoms with van der Waals surface area (Å²) in [5.41, 5.74) is 0. The molecule has 0 saturated carbocycles. The van der Waals surface area contributed by atoms with Crippen molar-refractivity contribution < 1.29 is 26.9 Å². The van der Waals surface area contributed by atoms with Crippen molar-refractivity contribution in [1.82, 2.24) is 0 Å². The van der Waals surface area contributed by atoms with Crippen molar-refractivity contribution >= 4 is 10.1 Å². The van der Waals surface area contributed by atoms with E-state index in [1.165, 1.54) is 0 Å². The molecule has 0 aliphatic carbocycles. The first kappa shape index (κ1) is 21.8. The highest BCUT2D eigenvalue weighted by Gasteiger charge is 2.22. The molecule has 0 amide bonds. The minimum atomic E-state index is -3.83. The van der Waals surface area contributed by atoms with E-state index in [1.807, 2.05) is 0 Å². The van der Waals surface area contributed by atoms with Gasteiger partial charge in [0, 0.05) is 6.61 Å². The Morgan fingerprint density at radius 1 is 0.864 bits per heavy atom. The molecule has 0 unspecified atom stereocenters. The molecule has 0 atom stereocenters. The zero-order chi connectivity index (χ0) is 16.9. The van der Waals surface area contributed by atoms with Crippen molar-refractivity contribution in [3.63, 3.8) is 0 Å². The van der Waals surface area contributed by atoms with Crippen LogP contribution in [0.25, 0.3) is 0 Å². The van der Waals surface area contributed by atoms with Crippen molar-refractivity contribution in [3.8, 4) is 0 Å². The van der Waals surface area contributed by atoms with Crippen LogP contribution in [-0.4, -0.2) is 75.8 Å². The lowest BCUT2D eigenvalue weighted by Crippen LogP contribution is -2.50. The molecule has 0 aliphatic rings. The fourth-order valence-electron chi connectivity index (χ4n) is 2.42. The van der Waals surface area contributed by atoms with Crippen molar-refractivity contribution in [2.75, 3.05) is 58.4 Å². The summed E-state index contributed by atoms with van der Waals surface area (Å²) in [5, 5.41) is 0. The summed E-state index contributed by atoms with van der Waals surface area (Å²) in [6.07, 6.45) is 2.32. The van der Waals surface area contributed by atoms with Gasteiger partial charge < -0.3 is 14.0 Å². The van der Waals surface area contributed by atoms with E-state index in [2.05, 4.69) is 20.8 Å². The standard InChI is InChI=1S/C15H33NO5S/c1-4-11-20-13-14-21-12-10-16(5-2,6-3)9-7-8-15-22(17,18)19/h4-15H2,1-3H3/p+1. The van der Waals surface area contributed by atoms with Crippen LogP contribution in [0.4, 0.5) is 0 Å². The third-order valence-corrected chi connectivity index (χ3v) is 4.86. The maximum atomic E-state index is 10.7. The quantitative estimate of drug-likeness (QED) is 0.280. The molecular weight excluding hydrogens is 306 g/mol. The monoisotopic (exact) mass is 340 g/mol. The van der Waals surface area contributed by atoms with E-state index in [4.69, 9.17) is 14.0 Å². The van der Waals surface area contributed by atoms with Crippen LogP contribution >= 0.6 is 0 Å². The van der Waals surface area contributed by atoms with Gasteiger partial charge in [0.2, 0.25) is 0 Å². The first-order valence-electron chi connectivity index (χ1n) is 8.35. The largest absolute Gasteiger partial charge is 0.379 e. The highest BCUT2D eigenvalue weighted by Crippen LogP contribution is 2.10. The first-order valence-corrected chi connectivity index (χ1v) is 9.95. The Bertz CT molecular complexity index is 355. The van der Waals surface area contributed by atoms with Crippen LogP contribution in [-0.2, 0) is 19.6 Å². The van der Waals surface area contributed by atoms with Crippen molar-refractivity contribution in [2.45, 2.75) is 40.0 Å². The van der Waals surface area contributed by atoms with Gasteiger partial charge in [-0.25, -0.2) is 0 Å². The summed E-state index contributed by atoms with van der Waals surface area (Å²) in [5.74, 6) is -0.147. The predicted molar refractivity (Wildman–Crippen MR) is 88.7 cm³/mol. The molecule has 7 heteroatoms. The predicted octanol–water partition coefficient (Wildman–Crippen LogP) is 1.95. The van der Waals surface area contributed by atoms with Gasteiger partial charge in [-0.3, -0.25) is 4.55 Å². The Morgan fingerprint density at radius 2 is 1.45 bits per heavy atom. The van der Waals surface area contributed by atoms with Gasteiger partial charge in [0.25, 0.3) is 10.1 Å². The fraction of sp³-hybridized carbons (Fsp3) is 1.00. The van der Waals surface area contributed by atoms with E-state index in [1.54, 1.807) is 0 Å². The second kappa shape index (κ2) is 12.2. The molecule has 0 heterocycles. The summed E-state index contributed by atoms with van der Waals surface area (Å²) in [4.78, 5) is 0. The summed E-state index contributed by atoms with van der Waals surface area (Å²) in [6, 6.07) is 0. The van der Waals surface area contributed by atoms with E-state index in [0.29, 0.717) is 26.2 Å². The molecule has 0 aromatic rings. The van der Waals surface area contributed by atoms with Crippen molar-refractivity contribution in [2.24, 2.45) is 0 Å². The van der Waals surface area contributed by atoms with Gasteiger partial charge in [-0.15, -0.1) is 0 Å². The summed E-state index contributed by atoms with van der Waals surface area (Å²) < 4.78 is 42.1. The number of hydrogen-bond donors (Lipinski definition) is 1. The van der Waals surface area contributed by atoms with E-state index in [0.717, 1.165) is 50.1 Å². The van der Waals surface area contributed by atoms with E-state index in [9.17, 15) is 8.42 Å². The molecule has 0 fully saturated rings. The molecule has 0 radical (unpaired) electrons. The third kappa shape index (κ3) is 11.4. The Balaban J connectivity index is 3.95. The van der Waals surface area contributed by atoms with E-state index < -0.39 is 10.1 Å². The highest BCUT2D eigenvalue weighted by molar-refractivity contribution is 7.85. The minimum Gasteiger partial charge on any atom is -0.379 e. The van der Waals surface area contributed by atoms with E-state index >= 15 is 0 Å². The zero-order valence-corrected chi connectivity index (χ0v) is 15.2. The minimum absolute atomic E-state index is 0.147. The molecule has 22 heavy (non-hydrogen) atoms. The summed E-state index contributed by atoms with van der Waals surface area (Å²) >= 11 is 0. The molecule has 6 nitrogen and oxygen atoms in total. The molecule has 1 N–H and O–H groups in total. The molecule has 0 rings (SSSR count). The van der Waals surface area contributed by atoms with Gasteiger partial charge in [-0.05, 0) is 33.1 Å². The van der Waals surface area contributed by atoms with Crippen LogP contribution < -0.4 is 0 Å². The average Bonchev–Trinajstić information content (AvgIpc) is 2.48. The van der Waals surface area contributed by atoms with Crippen molar-refractivity contribution in [1.29, 1.82) is 0 Å². The van der Waals surface area contributed by atoms with E-state index in [-0.39, 0.29) is 5.75 Å². The number of ether oxygens (including phenoxy) is 2. The topological polar surface area (TPSA) is 72.8 Å². The number of hydrogen-bond acceptors (Lipinski definition) is 4.